The van der Waals surface area contributed by atoms with Gasteiger partial charge in [-0.3, -0.25) is 4.79 Å². The van der Waals surface area contributed by atoms with Crippen LogP contribution in [0.3, 0.4) is 0 Å². The van der Waals surface area contributed by atoms with Crippen molar-refractivity contribution >= 4 is 5.97 Å². The highest BCUT2D eigenvalue weighted by atomic mass is 16.4. The lowest BCUT2D eigenvalue weighted by Gasteiger charge is -1.99. The lowest BCUT2D eigenvalue weighted by molar-refractivity contribution is -0.137. The Bertz CT molecular complexity index is 257. The molecule has 2 heteroatoms. The van der Waals surface area contributed by atoms with E-state index < -0.39 is 5.97 Å². The summed E-state index contributed by atoms with van der Waals surface area (Å²) in [6, 6.07) is 0. The molecular formula is C22H44O2. The van der Waals surface area contributed by atoms with Crippen LogP contribution in [0.5, 0.6) is 0 Å². The zero-order chi connectivity index (χ0) is 18.3. The third kappa shape index (κ3) is 29.2. The van der Waals surface area contributed by atoms with Crippen LogP contribution >= 0.6 is 0 Å². The second-order valence-electron chi connectivity index (χ2n) is 6.73. The SMILES string of the molecule is CCCC.CCCCCCCC/C=C\CCCCCCCC(=O)O. The first-order valence-electron chi connectivity index (χ1n) is 10.6. The van der Waals surface area contributed by atoms with Gasteiger partial charge in [0.1, 0.15) is 0 Å². The molecule has 0 bridgehead atoms. The highest BCUT2D eigenvalue weighted by molar-refractivity contribution is 5.66. The highest BCUT2D eigenvalue weighted by Gasteiger charge is 1.95. The molecule has 0 saturated carbocycles. The molecule has 0 aliphatic carbocycles. The molecule has 0 unspecified atom stereocenters. The van der Waals surface area contributed by atoms with E-state index in [1.165, 1.54) is 83.5 Å². The minimum Gasteiger partial charge on any atom is -0.481 e. The summed E-state index contributed by atoms with van der Waals surface area (Å²) in [5.74, 6) is -0.664. The fourth-order valence-electron chi connectivity index (χ4n) is 2.35. The molecule has 0 aromatic heterocycles. The molecule has 0 saturated heterocycles. The maximum atomic E-state index is 10.3. The van der Waals surface area contributed by atoms with Gasteiger partial charge < -0.3 is 5.11 Å². The molecule has 0 radical (unpaired) electrons. The van der Waals surface area contributed by atoms with Crippen molar-refractivity contribution in [1.82, 2.24) is 0 Å². The number of aliphatic carboxylic acids is 1. The number of carboxylic acids is 1. The van der Waals surface area contributed by atoms with E-state index in [1.54, 1.807) is 0 Å². The topological polar surface area (TPSA) is 37.3 Å². The van der Waals surface area contributed by atoms with Crippen molar-refractivity contribution in [1.29, 1.82) is 0 Å². The predicted molar refractivity (Wildman–Crippen MR) is 108 cm³/mol. The van der Waals surface area contributed by atoms with Crippen LogP contribution in [-0.2, 0) is 4.79 Å². The number of allylic oxidation sites excluding steroid dienone is 2. The largest absolute Gasteiger partial charge is 0.481 e. The van der Waals surface area contributed by atoms with Crippen LogP contribution in [0.25, 0.3) is 0 Å². The summed E-state index contributed by atoms with van der Waals surface area (Å²) in [4.78, 5) is 10.3. The fraction of sp³-hybridized carbons (Fsp3) is 0.864. The lowest BCUT2D eigenvalue weighted by atomic mass is 10.1. The number of carbonyl (C=O) groups is 1. The van der Waals surface area contributed by atoms with Crippen LogP contribution in [0.4, 0.5) is 0 Å². The van der Waals surface area contributed by atoms with Gasteiger partial charge in [0.25, 0.3) is 0 Å². The molecule has 0 fully saturated rings. The first-order valence-corrected chi connectivity index (χ1v) is 10.6. The van der Waals surface area contributed by atoms with Gasteiger partial charge in [0.2, 0.25) is 0 Å². The van der Waals surface area contributed by atoms with Gasteiger partial charge in [-0.15, -0.1) is 0 Å². The molecule has 0 amide bonds. The fourth-order valence-corrected chi connectivity index (χ4v) is 2.35. The van der Waals surface area contributed by atoms with Crippen LogP contribution in [0, 0.1) is 0 Å². The standard InChI is InChI=1S/C18H34O2.C4H10/c1-2-3-4-5-6-7-8-9-10-11-12-13-14-15-16-17-18(19)20;1-3-4-2/h9-10H,2-8,11-17H2,1H3,(H,19,20);3-4H2,1-2H3/b10-9-;. The molecule has 0 heterocycles. The van der Waals surface area contributed by atoms with Crippen molar-refractivity contribution < 1.29 is 9.90 Å². The van der Waals surface area contributed by atoms with E-state index in [9.17, 15) is 4.79 Å². The van der Waals surface area contributed by atoms with E-state index in [-0.39, 0.29) is 0 Å². The van der Waals surface area contributed by atoms with E-state index in [0.717, 1.165) is 12.8 Å². The zero-order valence-electron chi connectivity index (χ0n) is 16.8. The van der Waals surface area contributed by atoms with E-state index in [0.29, 0.717) is 6.42 Å². The molecule has 0 aromatic carbocycles. The highest BCUT2D eigenvalue weighted by Crippen LogP contribution is 2.09. The molecule has 0 spiro atoms. The van der Waals surface area contributed by atoms with E-state index in [1.807, 2.05) is 0 Å². The van der Waals surface area contributed by atoms with Crippen molar-refractivity contribution in [2.75, 3.05) is 0 Å². The Morgan fingerprint density at radius 2 is 1.04 bits per heavy atom. The third-order valence-corrected chi connectivity index (χ3v) is 4.15. The first kappa shape index (κ1) is 25.5. The van der Waals surface area contributed by atoms with Gasteiger partial charge >= 0.3 is 5.97 Å². The Labute approximate surface area is 152 Å². The Kier molecular flexibility index (Phi) is 25.9. The van der Waals surface area contributed by atoms with Gasteiger partial charge in [-0.1, -0.05) is 97.1 Å². The van der Waals surface area contributed by atoms with Crippen molar-refractivity contribution in [3.05, 3.63) is 12.2 Å². The maximum absolute atomic E-state index is 10.3. The third-order valence-electron chi connectivity index (χ3n) is 4.15. The van der Waals surface area contributed by atoms with E-state index in [2.05, 4.69) is 32.9 Å². The molecule has 0 aliphatic heterocycles. The average Bonchev–Trinajstić information content (AvgIpc) is 2.58. The quantitative estimate of drug-likeness (QED) is 0.229. The number of hydrogen-bond donors (Lipinski definition) is 1. The molecule has 24 heavy (non-hydrogen) atoms. The Hall–Kier alpha value is -0.790. The van der Waals surface area contributed by atoms with Crippen LogP contribution in [0.2, 0.25) is 0 Å². The minimum absolute atomic E-state index is 0.332. The summed E-state index contributed by atoms with van der Waals surface area (Å²) in [6.07, 6.45) is 23.9. The van der Waals surface area contributed by atoms with Gasteiger partial charge in [0.15, 0.2) is 0 Å². The van der Waals surface area contributed by atoms with Gasteiger partial charge in [0, 0.05) is 6.42 Å². The normalized spacial score (nSPS) is 10.6. The smallest absolute Gasteiger partial charge is 0.303 e. The lowest BCUT2D eigenvalue weighted by Crippen LogP contribution is -1.93. The summed E-state index contributed by atoms with van der Waals surface area (Å²) in [7, 11) is 0. The Morgan fingerprint density at radius 3 is 1.46 bits per heavy atom. The maximum Gasteiger partial charge on any atom is 0.303 e. The van der Waals surface area contributed by atoms with Gasteiger partial charge in [0.05, 0.1) is 0 Å². The Balaban J connectivity index is 0. The van der Waals surface area contributed by atoms with Crippen molar-refractivity contribution in [3.8, 4) is 0 Å². The van der Waals surface area contributed by atoms with Crippen molar-refractivity contribution in [3.63, 3.8) is 0 Å². The summed E-state index contributed by atoms with van der Waals surface area (Å²) >= 11 is 0. The van der Waals surface area contributed by atoms with Crippen LogP contribution in [0.1, 0.15) is 124 Å². The van der Waals surface area contributed by atoms with Crippen LogP contribution in [0.15, 0.2) is 12.2 Å². The number of unbranched alkanes of at least 4 members (excludes halogenated alkanes) is 12. The minimum atomic E-state index is -0.664. The molecular weight excluding hydrogens is 296 g/mol. The number of hydrogen-bond acceptors (Lipinski definition) is 1. The van der Waals surface area contributed by atoms with Gasteiger partial charge in [-0.25, -0.2) is 0 Å². The molecule has 0 atom stereocenters. The second-order valence-corrected chi connectivity index (χ2v) is 6.73. The summed E-state index contributed by atoms with van der Waals surface area (Å²) in [6.45, 7) is 6.62. The molecule has 2 nitrogen and oxygen atoms in total. The van der Waals surface area contributed by atoms with Crippen molar-refractivity contribution in [2.24, 2.45) is 0 Å². The second kappa shape index (κ2) is 24.5. The average molecular weight is 341 g/mol. The van der Waals surface area contributed by atoms with E-state index >= 15 is 0 Å². The monoisotopic (exact) mass is 340 g/mol. The summed E-state index contributed by atoms with van der Waals surface area (Å²) in [5.41, 5.74) is 0. The van der Waals surface area contributed by atoms with E-state index in [4.69, 9.17) is 5.11 Å². The molecule has 144 valence electrons. The molecule has 0 aromatic rings. The summed E-state index contributed by atoms with van der Waals surface area (Å²) < 4.78 is 0. The van der Waals surface area contributed by atoms with Gasteiger partial charge in [-0.2, -0.15) is 0 Å². The first-order chi connectivity index (χ1) is 11.7. The molecule has 1 N–H and O–H groups in total. The predicted octanol–water partition coefficient (Wildman–Crippen LogP) is 7.91. The summed E-state index contributed by atoms with van der Waals surface area (Å²) in [5, 5.41) is 8.51. The number of carboxylic acid groups (broad SMARTS) is 1. The Morgan fingerprint density at radius 1 is 0.625 bits per heavy atom. The van der Waals surface area contributed by atoms with Crippen LogP contribution < -0.4 is 0 Å². The molecule has 0 aliphatic rings. The zero-order valence-corrected chi connectivity index (χ0v) is 16.8. The van der Waals surface area contributed by atoms with Crippen LogP contribution in [-0.4, -0.2) is 11.1 Å². The van der Waals surface area contributed by atoms with Gasteiger partial charge in [-0.05, 0) is 32.1 Å². The van der Waals surface area contributed by atoms with Crippen molar-refractivity contribution in [2.45, 2.75) is 124 Å². The molecule has 0 rings (SSSR count). The number of rotatable bonds is 16.